The minimum absolute atomic E-state index is 0.0743. The summed E-state index contributed by atoms with van der Waals surface area (Å²) >= 11 is 1.67. The number of anilines is 1. The average Bonchev–Trinajstić information content (AvgIpc) is 3.27. The van der Waals surface area contributed by atoms with Crippen LogP contribution < -0.4 is 10.2 Å². The van der Waals surface area contributed by atoms with Crippen LogP contribution in [0, 0.1) is 5.92 Å². The fourth-order valence-corrected chi connectivity index (χ4v) is 3.92. The molecule has 1 aliphatic heterocycles. The van der Waals surface area contributed by atoms with Gasteiger partial charge in [0.15, 0.2) is 5.82 Å². The van der Waals surface area contributed by atoms with E-state index in [0.29, 0.717) is 6.54 Å². The molecule has 4 rings (SSSR count). The fourth-order valence-electron chi connectivity index (χ4n) is 3.27. The number of aromatic nitrogens is 3. The predicted molar refractivity (Wildman–Crippen MR) is 106 cm³/mol. The third kappa shape index (κ3) is 4.31. The van der Waals surface area contributed by atoms with Gasteiger partial charge in [-0.05, 0) is 48.6 Å². The molecule has 27 heavy (non-hydrogen) atoms. The molecule has 0 aromatic carbocycles. The zero-order valence-corrected chi connectivity index (χ0v) is 15.7. The summed E-state index contributed by atoms with van der Waals surface area (Å²) in [6.07, 6.45) is 5.17. The SMILES string of the molecule is O=C(NCc1cccs1)C1CCN(c2ccc(-c3ccncc3)nn2)CC1. The third-order valence-corrected chi connectivity index (χ3v) is 5.71. The van der Waals surface area contributed by atoms with Gasteiger partial charge in [-0.15, -0.1) is 21.5 Å². The first-order chi connectivity index (χ1) is 13.3. The molecule has 138 valence electrons. The zero-order chi connectivity index (χ0) is 18.5. The first-order valence-electron chi connectivity index (χ1n) is 9.09. The maximum Gasteiger partial charge on any atom is 0.223 e. The van der Waals surface area contributed by atoms with Crippen LogP contribution in [0.3, 0.4) is 0 Å². The van der Waals surface area contributed by atoms with Crippen LogP contribution in [0.25, 0.3) is 11.3 Å². The highest BCUT2D eigenvalue weighted by atomic mass is 32.1. The fraction of sp³-hybridized carbons (Fsp3) is 0.300. The van der Waals surface area contributed by atoms with E-state index in [0.717, 1.165) is 43.0 Å². The van der Waals surface area contributed by atoms with Gasteiger partial charge in [-0.1, -0.05) is 6.07 Å². The van der Waals surface area contributed by atoms with E-state index in [9.17, 15) is 4.79 Å². The minimum Gasteiger partial charge on any atom is -0.355 e. The second-order valence-corrected chi connectivity index (χ2v) is 7.60. The van der Waals surface area contributed by atoms with Crippen LogP contribution in [-0.2, 0) is 11.3 Å². The monoisotopic (exact) mass is 379 g/mol. The van der Waals surface area contributed by atoms with Crippen LogP contribution in [0.1, 0.15) is 17.7 Å². The van der Waals surface area contributed by atoms with Gasteiger partial charge in [-0.25, -0.2) is 0 Å². The topological polar surface area (TPSA) is 71.0 Å². The number of carbonyl (C=O) groups excluding carboxylic acids is 1. The molecule has 0 atom stereocenters. The van der Waals surface area contributed by atoms with Crippen LogP contribution in [0.4, 0.5) is 5.82 Å². The van der Waals surface area contributed by atoms with Gasteiger partial charge in [0.25, 0.3) is 0 Å². The third-order valence-electron chi connectivity index (χ3n) is 4.83. The number of carbonyl (C=O) groups is 1. The Labute approximate surface area is 162 Å². The molecule has 1 saturated heterocycles. The number of piperidine rings is 1. The zero-order valence-electron chi connectivity index (χ0n) is 14.9. The van der Waals surface area contributed by atoms with Crippen molar-refractivity contribution in [2.75, 3.05) is 18.0 Å². The quantitative estimate of drug-likeness (QED) is 0.737. The van der Waals surface area contributed by atoms with Gasteiger partial charge in [0, 0.05) is 41.8 Å². The molecule has 0 unspecified atom stereocenters. The molecule has 0 aliphatic carbocycles. The minimum atomic E-state index is 0.0743. The van der Waals surface area contributed by atoms with Crippen LogP contribution in [0.5, 0.6) is 0 Å². The second kappa shape index (κ2) is 8.26. The first kappa shape index (κ1) is 17.6. The van der Waals surface area contributed by atoms with Crippen LogP contribution in [0.15, 0.2) is 54.2 Å². The van der Waals surface area contributed by atoms with E-state index in [-0.39, 0.29) is 11.8 Å². The number of nitrogens with zero attached hydrogens (tertiary/aromatic N) is 4. The number of nitrogens with one attached hydrogen (secondary N) is 1. The lowest BCUT2D eigenvalue weighted by Crippen LogP contribution is -2.40. The highest BCUT2D eigenvalue weighted by Crippen LogP contribution is 2.23. The molecule has 1 aliphatic rings. The maximum atomic E-state index is 12.4. The Morgan fingerprint density at radius 3 is 2.59 bits per heavy atom. The summed E-state index contributed by atoms with van der Waals surface area (Å²) < 4.78 is 0. The molecule has 0 spiro atoms. The highest BCUT2D eigenvalue weighted by molar-refractivity contribution is 7.09. The molecule has 6 nitrogen and oxygen atoms in total. The second-order valence-electron chi connectivity index (χ2n) is 6.57. The van der Waals surface area contributed by atoms with Crippen molar-refractivity contribution in [3.8, 4) is 11.3 Å². The highest BCUT2D eigenvalue weighted by Gasteiger charge is 2.25. The van der Waals surface area contributed by atoms with Gasteiger partial charge >= 0.3 is 0 Å². The molecule has 3 aromatic rings. The number of hydrogen-bond donors (Lipinski definition) is 1. The smallest absolute Gasteiger partial charge is 0.223 e. The molecule has 3 aromatic heterocycles. The van der Waals surface area contributed by atoms with E-state index >= 15 is 0 Å². The summed E-state index contributed by atoms with van der Waals surface area (Å²) in [6, 6.07) is 11.9. The first-order valence-corrected chi connectivity index (χ1v) is 9.97. The molecule has 1 fully saturated rings. The molecule has 1 amide bonds. The number of rotatable bonds is 5. The van der Waals surface area contributed by atoms with Crippen LogP contribution in [-0.4, -0.2) is 34.2 Å². The standard InChI is InChI=1S/C20H21N5OS/c26-20(22-14-17-2-1-13-27-17)16-7-11-25(12-8-16)19-4-3-18(23-24-19)15-5-9-21-10-6-15/h1-6,9-10,13,16H,7-8,11-12,14H2,(H,22,26). The molecule has 0 radical (unpaired) electrons. The van der Waals surface area contributed by atoms with Gasteiger partial charge in [0.1, 0.15) is 0 Å². The Morgan fingerprint density at radius 2 is 1.93 bits per heavy atom. The lowest BCUT2D eigenvalue weighted by atomic mass is 9.96. The number of amides is 1. The summed E-state index contributed by atoms with van der Waals surface area (Å²) in [4.78, 5) is 19.8. The van der Waals surface area contributed by atoms with Crippen LogP contribution >= 0.6 is 11.3 Å². The predicted octanol–water partition coefficient (Wildman–Crippen LogP) is 3.13. The van der Waals surface area contributed by atoms with Crippen LogP contribution in [0.2, 0.25) is 0 Å². The van der Waals surface area contributed by atoms with Crippen molar-refractivity contribution in [3.05, 3.63) is 59.0 Å². The Bertz CT molecular complexity index is 859. The normalized spacial score (nSPS) is 14.9. The number of thiophene rings is 1. The summed E-state index contributed by atoms with van der Waals surface area (Å²) in [5.41, 5.74) is 1.84. The van der Waals surface area contributed by atoms with Crippen molar-refractivity contribution >= 4 is 23.1 Å². The van der Waals surface area contributed by atoms with E-state index in [1.807, 2.05) is 41.8 Å². The molecular formula is C20H21N5OS. The van der Waals surface area contributed by atoms with Gasteiger partial charge < -0.3 is 10.2 Å². The molecular weight excluding hydrogens is 358 g/mol. The summed E-state index contributed by atoms with van der Waals surface area (Å²) in [5, 5.41) is 13.8. The van der Waals surface area contributed by atoms with E-state index in [4.69, 9.17) is 0 Å². The summed E-state index contributed by atoms with van der Waals surface area (Å²) in [7, 11) is 0. The molecule has 7 heteroatoms. The van der Waals surface area contributed by atoms with Crippen molar-refractivity contribution in [1.29, 1.82) is 0 Å². The van der Waals surface area contributed by atoms with Crippen molar-refractivity contribution < 1.29 is 4.79 Å². The number of hydrogen-bond acceptors (Lipinski definition) is 6. The van der Waals surface area contributed by atoms with Gasteiger partial charge in [0.2, 0.25) is 5.91 Å². The molecule has 4 heterocycles. The van der Waals surface area contributed by atoms with E-state index in [1.165, 1.54) is 4.88 Å². The van der Waals surface area contributed by atoms with Gasteiger partial charge in [0.05, 0.1) is 12.2 Å². The molecule has 1 N–H and O–H groups in total. The van der Waals surface area contributed by atoms with Crippen molar-refractivity contribution in [2.24, 2.45) is 5.92 Å². The van der Waals surface area contributed by atoms with E-state index < -0.39 is 0 Å². The molecule has 0 bridgehead atoms. The Kier molecular flexibility index (Phi) is 5.39. The van der Waals surface area contributed by atoms with Crippen molar-refractivity contribution in [3.63, 3.8) is 0 Å². The van der Waals surface area contributed by atoms with E-state index in [1.54, 1.807) is 23.7 Å². The van der Waals surface area contributed by atoms with Gasteiger partial charge in [-0.2, -0.15) is 0 Å². The Morgan fingerprint density at radius 1 is 1.11 bits per heavy atom. The van der Waals surface area contributed by atoms with Gasteiger partial charge in [-0.3, -0.25) is 9.78 Å². The van der Waals surface area contributed by atoms with Crippen molar-refractivity contribution in [2.45, 2.75) is 19.4 Å². The largest absolute Gasteiger partial charge is 0.355 e. The lowest BCUT2D eigenvalue weighted by molar-refractivity contribution is -0.125. The lowest BCUT2D eigenvalue weighted by Gasteiger charge is -2.31. The Hall–Kier alpha value is -2.80. The maximum absolute atomic E-state index is 12.4. The number of pyridine rings is 1. The molecule has 0 saturated carbocycles. The Balaban J connectivity index is 1.30. The summed E-state index contributed by atoms with van der Waals surface area (Å²) in [6.45, 7) is 2.26. The summed E-state index contributed by atoms with van der Waals surface area (Å²) in [5.74, 6) is 1.10. The average molecular weight is 379 g/mol. The van der Waals surface area contributed by atoms with E-state index in [2.05, 4.69) is 25.4 Å². The van der Waals surface area contributed by atoms with Crippen molar-refractivity contribution in [1.82, 2.24) is 20.5 Å².